The molecule has 0 saturated heterocycles. The molecule has 2 rings (SSSR count). The number of thiophene rings is 1. The molecule has 2 nitrogen and oxygen atoms in total. The second-order valence-electron chi connectivity index (χ2n) is 5.22. The predicted octanol–water partition coefficient (Wildman–Crippen LogP) is 4.17. The minimum Gasteiger partial charge on any atom is -0.297 e. The molecule has 1 aliphatic carbocycles. The van der Waals surface area contributed by atoms with Gasteiger partial charge in [0.2, 0.25) is 0 Å². The summed E-state index contributed by atoms with van der Waals surface area (Å²) in [5.74, 6) is 0.382. The van der Waals surface area contributed by atoms with Gasteiger partial charge < -0.3 is 0 Å². The van der Waals surface area contributed by atoms with Crippen LogP contribution < -0.4 is 0 Å². The number of Topliss-reactive ketones (excluding diaryl/α,β-unsaturated/α-hetero) is 1. The lowest BCUT2D eigenvalue weighted by Crippen LogP contribution is -2.53. The van der Waals surface area contributed by atoms with Crippen molar-refractivity contribution in [1.82, 2.24) is 4.90 Å². The molecule has 1 fully saturated rings. The Morgan fingerprint density at radius 2 is 1.95 bits per heavy atom. The Morgan fingerprint density at radius 1 is 1.32 bits per heavy atom. The highest BCUT2D eigenvalue weighted by Gasteiger charge is 2.44. The van der Waals surface area contributed by atoms with Crippen LogP contribution in [0, 0.1) is 0 Å². The van der Waals surface area contributed by atoms with Crippen molar-refractivity contribution in [3.05, 3.63) is 21.3 Å². The Labute approximate surface area is 124 Å². The normalized spacial score (nSPS) is 18.1. The van der Waals surface area contributed by atoms with Gasteiger partial charge in [0.1, 0.15) is 0 Å². The van der Waals surface area contributed by atoms with Crippen molar-refractivity contribution >= 4 is 28.7 Å². The number of carbonyl (C=O) groups is 1. The zero-order valence-corrected chi connectivity index (χ0v) is 13.3. The number of nitrogens with zero attached hydrogens (tertiary/aromatic N) is 1. The van der Waals surface area contributed by atoms with Crippen LogP contribution >= 0.6 is 22.9 Å². The van der Waals surface area contributed by atoms with Crippen molar-refractivity contribution in [3.8, 4) is 0 Å². The minimum absolute atomic E-state index is 0.208. The van der Waals surface area contributed by atoms with Crippen LogP contribution in [0.3, 0.4) is 0 Å². The van der Waals surface area contributed by atoms with Gasteiger partial charge in [0.05, 0.1) is 9.88 Å². The molecule has 1 aliphatic rings. The summed E-state index contributed by atoms with van der Waals surface area (Å²) in [6.45, 7) is 6.21. The third-order valence-corrected chi connectivity index (χ3v) is 5.51. The smallest absolute Gasteiger partial charge is 0.158 e. The molecule has 0 bridgehead atoms. The second kappa shape index (κ2) is 6.38. The highest BCUT2D eigenvalue weighted by atomic mass is 35.5. The zero-order valence-electron chi connectivity index (χ0n) is 11.7. The van der Waals surface area contributed by atoms with E-state index in [1.807, 2.05) is 12.1 Å². The maximum absolute atomic E-state index is 12.8. The monoisotopic (exact) mass is 299 g/mol. The SMILES string of the molecule is CCN(CC)C1(C(=O)Cc2ccc(Cl)s2)CCCC1. The van der Waals surface area contributed by atoms with Crippen molar-refractivity contribution < 1.29 is 4.79 Å². The average Bonchev–Trinajstić information content (AvgIpc) is 3.01. The molecule has 0 radical (unpaired) electrons. The first kappa shape index (κ1) is 15.0. The minimum atomic E-state index is -0.208. The van der Waals surface area contributed by atoms with E-state index in [0.29, 0.717) is 12.2 Å². The van der Waals surface area contributed by atoms with E-state index >= 15 is 0 Å². The van der Waals surface area contributed by atoms with Crippen LogP contribution in [0.1, 0.15) is 44.4 Å². The quantitative estimate of drug-likeness (QED) is 0.786. The first-order valence-corrected chi connectivity index (χ1v) is 8.34. The second-order valence-corrected chi connectivity index (χ2v) is 7.02. The first-order valence-electron chi connectivity index (χ1n) is 7.15. The summed E-state index contributed by atoms with van der Waals surface area (Å²) >= 11 is 7.48. The summed E-state index contributed by atoms with van der Waals surface area (Å²) in [7, 11) is 0. The predicted molar refractivity (Wildman–Crippen MR) is 82.2 cm³/mol. The molecule has 106 valence electrons. The lowest BCUT2D eigenvalue weighted by atomic mass is 9.87. The molecular weight excluding hydrogens is 278 g/mol. The van der Waals surface area contributed by atoms with E-state index in [2.05, 4.69) is 18.7 Å². The largest absolute Gasteiger partial charge is 0.297 e. The van der Waals surface area contributed by atoms with Crippen LogP contribution in [0.25, 0.3) is 0 Å². The molecule has 1 aromatic heterocycles. The molecule has 19 heavy (non-hydrogen) atoms. The Hall–Kier alpha value is -0.380. The first-order chi connectivity index (χ1) is 9.12. The van der Waals surface area contributed by atoms with Gasteiger partial charge in [-0.2, -0.15) is 0 Å². The molecule has 0 aromatic carbocycles. The summed E-state index contributed by atoms with van der Waals surface area (Å²) in [5.41, 5.74) is -0.208. The van der Waals surface area contributed by atoms with Crippen molar-refractivity contribution in [2.75, 3.05) is 13.1 Å². The van der Waals surface area contributed by atoms with Crippen LogP contribution in [0.15, 0.2) is 12.1 Å². The van der Waals surface area contributed by atoms with E-state index in [1.165, 1.54) is 24.2 Å². The number of halogens is 1. The Bertz CT molecular complexity index is 433. The highest BCUT2D eigenvalue weighted by molar-refractivity contribution is 7.16. The summed E-state index contributed by atoms with van der Waals surface area (Å²) in [4.78, 5) is 16.3. The van der Waals surface area contributed by atoms with Gasteiger partial charge in [-0.25, -0.2) is 0 Å². The maximum Gasteiger partial charge on any atom is 0.158 e. The molecule has 1 saturated carbocycles. The number of rotatable bonds is 6. The fourth-order valence-electron chi connectivity index (χ4n) is 3.33. The molecule has 0 aliphatic heterocycles. The fourth-order valence-corrected chi connectivity index (χ4v) is 4.42. The van der Waals surface area contributed by atoms with Gasteiger partial charge in [0.15, 0.2) is 5.78 Å². The molecular formula is C15H22ClNOS. The topological polar surface area (TPSA) is 20.3 Å². The molecule has 4 heteroatoms. The van der Waals surface area contributed by atoms with Gasteiger partial charge >= 0.3 is 0 Å². The fraction of sp³-hybridized carbons (Fsp3) is 0.667. The van der Waals surface area contributed by atoms with E-state index < -0.39 is 0 Å². The van der Waals surface area contributed by atoms with Crippen LogP contribution in [0.4, 0.5) is 0 Å². The molecule has 0 unspecified atom stereocenters. The summed E-state index contributed by atoms with van der Waals surface area (Å²) in [6, 6.07) is 3.86. The highest BCUT2D eigenvalue weighted by Crippen LogP contribution is 2.37. The van der Waals surface area contributed by atoms with Gasteiger partial charge in [0, 0.05) is 11.3 Å². The Balaban J connectivity index is 2.16. The molecule has 0 atom stereocenters. The van der Waals surface area contributed by atoms with Gasteiger partial charge in [-0.05, 0) is 38.1 Å². The lowest BCUT2D eigenvalue weighted by molar-refractivity contribution is -0.130. The zero-order chi connectivity index (χ0) is 13.9. The summed E-state index contributed by atoms with van der Waals surface area (Å²) in [6.07, 6.45) is 4.92. The van der Waals surface area contributed by atoms with Crippen molar-refractivity contribution in [3.63, 3.8) is 0 Å². The van der Waals surface area contributed by atoms with Crippen molar-refractivity contribution in [2.45, 2.75) is 51.5 Å². The summed E-state index contributed by atoms with van der Waals surface area (Å²) in [5, 5.41) is 0. The van der Waals surface area contributed by atoms with E-state index in [4.69, 9.17) is 11.6 Å². The van der Waals surface area contributed by atoms with Gasteiger partial charge in [0.25, 0.3) is 0 Å². The van der Waals surface area contributed by atoms with Crippen LogP contribution in [0.2, 0.25) is 4.34 Å². The van der Waals surface area contributed by atoms with Gasteiger partial charge in [-0.15, -0.1) is 11.3 Å². The summed E-state index contributed by atoms with van der Waals surface area (Å²) < 4.78 is 0.770. The van der Waals surface area contributed by atoms with Crippen LogP contribution in [-0.2, 0) is 11.2 Å². The molecule has 0 N–H and O–H groups in total. The third kappa shape index (κ3) is 3.04. The van der Waals surface area contributed by atoms with Crippen molar-refractivity contribution in [2.24, 2.45) is 0 Å². The Kier molecular flexibility index (Phi) is 5.04. The van der Waals surface area contributed by atoms with E-state index in [9.17, 15) is 4.79 Å². The van der Waals surface area contributed by atoms with Gasteiger partial charge in [-0.1, -0.05) is 38.3 Å². The third-order valence-electron chi connectivity index (χ3n) is 4.28. The number of ketones is 1. The van der Waals surface area contributed by atoms with E-state index in [1.54, 1.807) is 0 Å². The molecule has 0 amide bonds. The standard InChI is InChI=1S/C15H22ClNOS/c1-3-17(4-2)15(9-5-6-10-15)13(18)11-12-7-8-14(16)19-12/h7-8H,3-6,9-11H2,1-2H3. The van der Waals surface area contributed by atoms with Crippen LogP contribution in [-0.4, -0.2) is 29.3 Å². The van der Waals surface area contributed by atoms with Gasteiger partial charge in [-0.3, -0.25) is 9.69 Å². The molecule has 0 spiro atoms. The number of hydrogen-bond donors (Lipinski definition) is 0. The van der Waals surface area contributed by atoms with Crippen molar-refractivity contribution in [1.29, 1.82) is 0 Å². The number of likely N-dealkylation sites (N-methyl/N-ethyl adjacent to an activating group) is 1. The van der Waals surface area contributed by atoms with E-state index in [0.717, 1.165) is 35.1 Å². The lowest BCUT2D eigenvalue weighted by Gasteiger charge is -2.39. The number of carbonyl (C=O) groups excluding carboxylic acids is 1. The molecule has 1 aromatic rings. The Morgan fingerprint density at radius 3 is 2.42 bits per heavy atom. The van der Waals surface area contributed by atoms with Crippen LogP contribution in [0.5, 0.6) is 0 Å². The number of hydrogen-bond acceptors (Lipinski definition) is 3. The maximum atomic E-state index is 12.8. The average molecular weight is 300 g/mol. The molecule has 1 heterocycles. The van der Waals surface area contributed by atoms with E-state index in [-0.39, 0.29) is 5.54 Å².